The Kier molecular flexibility index (Phi) is 2.82. The number of alkyl halides is 1. The van der Waals surface area contributed by atoms with Crippen molar-refractivity contribution in [2.24, 2.45) is 5.41 Å². The number of nitrogens with zero attached hydrogens (tertiary/aromatic N) is 2. The van der Waals surface area contributed by atoms with E-state index in [9.17, 15) is 0 Å². The van der Waals surface area contributed by atoms with Crippen molar-refractivity contribution in [3.63, 3.8) is 0 Å². The first kappa shape index (κ1) is 10.0. The van der Waals surface area contributed by atoms with E-state index in [2.05, 4.69) is 18.2 Å². The Bertz CT molecular complexity index is 296. The van der Waals surface area contributed by atoms with Gasteiger partial charge in [0, 0.05) is 18.6 Å². The summed E-state index contributed by atoms with van der Waals surface area (Å²) in [4.78, 5) is 0. The van der Waals surface area contributed by atoms with Crippen LogP contribution in [-0.4, -0.2) is 15.7 Å². The molecule has 2 rings (SSSR count). The summed E-state index contributed by atoms with van der Waals surface area (Å²) in [6.07, 6.45) is 9.15. The normalized spacial score (nSPS) is 19.3. The van der Waals surface area contributed by atoms with E-state index in [0.717, 1.165) is 18.8 Å². The molecule has 1 fully saturated rings. The largest absolute Gasteiger partial charge is 0.273 e. The first-order valence-corrected chi connectivity index (χ1v) is 5.89. The maximum atomic E-state index is 6.02. The Balaban J connectivity index is 2.02. The third kappa shape index (κ3) is 1.81. The molecule has 0 radical (unpaired) electrons. The van der Waals surface area contributed by atoms with Crippen LogP contribution >= 0.6 is 11.6 Å². The lowest BCUT2D eigenvalue weighted by molar-refractivity contribution is 0.166. The predicted molar refractivity (Wildman–Crippen MR) is 58.6 cm³/mol. The summed E-state index contributed by atoms with van der Waals surface area (Å²) < 4.78 is 1.98. The first-order chi connectivity index (χ1) is 6.78. The molecule has 1 aromatic heterocycles. The molecule has 1 aliphatic rings. The zero-order chi connectivity index (χ0) is 10.0. The van der Waals surface area contributed by atoms with Crippen LogP contribution in [0.15, 0.2) is 12.4 Å². The van der Waals surface area contributed by atoms with Gasteiger partial charge in [0.15, 0.2) is 0 Å². The van der Waals surface area contributed by atoms with Gasteiger partial charge in [-0.1, -0.05) is 6.42 Å². The van der Waals surface area contributed by atoms with Gasteiger partial charge >= 0.3 is 0 Å². The fraction of sp³-hybridized carbons (Fsp3) is 0.727. The number of hydrogen-bond acceptors (Lipinski definition) is 1. The standard InChI is InChI=1S/C11H17ClN2/c1-2-14-8-10(7-13-14)6-11(9-12)4-3-5-11/h7-8H,2-6,9H2,1H3. The highest BCUT2D eigenvalue weighted by Crippen LogP contribution is 2.44. The number of aryl methyl sites for hydroxylation is 1. The Hall–Kier alpha value is -0.500. The van der Waals surface area contributed by atoms with Crippen molar-refractivity contribution < 1.29 is 0 Å². The highest BCUT2D eigenvalue weighted by Gasteiger charge is 2.36. The molecule has 1 saturated carbocycles. The molecule has 3 heteroatoms. The van der Waals surface area contributed by atoms with Crippen LogP contribution in [-0.2, 0) is 13.0 Å². The number of aromatic nitrogens is 2. The third-order valence-corrected chi connectivity index (χ3v) is 3.85. The summed E-state index contributed by atoms with van der Waals surface area (Å²) in [5.74, 6) is 0.796. The minimum Gasteiger partial charge on any atom is -0.273 e. The topological polar surface area (TPSA) is 17.8 Å². The van der Waals surface area contributed by atoms with Gasteiger partial charge in [-0.25, -0.2) is 0 Å². The number of hydrogen-bond donors (Lipinski definition) is 0. The predicted octanol–water partition coefficient (Wildman–Crippen LogP) is 2.85. The van der Waals surface area contributed by atoms with Gasteiger partial charge in [-0.2, -0.15) is 5.10 Å². The summed E-state index contributed by atoms with van der Waals surface area (Å²) >= 11 is 6.02. The minimum atomic E-state index is 0.392. The van der Waals surface area contributed by atoms with Crippen LogP contribution in [0.25, 0.3) is 0 Å². The van der Waals surface area contributed by atoms with Crippen molar-refractivity contribution in [2.75, 3.05) is 5.88 Å². The lowest BCUT2D eigenvalue weighted by Gasteiger charge is -2.40. The molecule has 0 bridgehead atoms. The van der Waals surface area contributed by atoms with Crippen molar-refractivity contribution in [2.45, 2.75) is 39.2 Å². The zero-order valence-corrected chi connectivity index (χ0v) is 9.43. The van der Waals surface area contributed by atoms with E-state index >= 15 is 0 Å². The molecular formula is C11H17ClN2. The molecule has 2 nitrogen and oxygen atoms in total. The summed E-state index contributed by atoms with van der Waals surface area (Å²) in [5.41, 5.74) is 1.73. The molecule has 1 aliphatic carbocycles. The Morgan fingerprint density at radius 2 is 2.36 bits per heavy atom. The summed E-state index contributed by atoms with van der Waals surface area (Å²) in [5, 5.41) is 4.29. The lowest BCUT2D eigenvalue weighted by Crippen LogP contribution is -2.33. The van der Waals surface area contributed by atoms with Crippen LogP contribution in [0, 0.1) is 5.41 Å². The monoisotopic (exact) mass is 212 g/mol. The van der Waals surface area contributed by atoms with E-state index in [-0.39, 0.29) is 0 Å². The van der Waals surface area contributed by atoms with Gasteiger partial charge in [-0.3, -0.25) is 4.68 Å². The summed E-state index contributed by atoms with van der Waals surface area (Å²) in [7, 11) is 0. The fourth-order valence-corrected chi connectivity index (χ4v) is 2.50. The average molecular weight is 213 g/mol. The quantitative estimate of drug-likeness (QED) is 0.702. The van der Waals surface area contributed by atoms with Crippen LogP contribution in [0.5, 0.6) is 0 Å². The van der Waals surface area contributed by atoms with Crippen LogP contribution in [0.3, 0.4) is 0 Å². The van der Waals surface area contributed by atoms with Crippen molar-refractivity contribution in [3.8, 4) is 0 Å². The van der Waals surface area contributed by atoms with E-state index in [1.54, 1.807) is 0 Å². The molecule has 14 heavy (non-hydrogen) atoms. The van der Waals surface area contributed by atoms with Crippen LogP contribution < -0.4 is 0 Å². The van der Waals surface area contributed by atoms with Gasteiger partial charge in [0.2, 0.25) is 0 Å². The molecule has 0 saturated heterocycles. The van der Waals surface area contributed by atoms with Gasteiger partial charge < -0.3 is 0 Å². The second-order valence-corrected chi connectivity index (χ2v) is 4.64. The second-order valence-electron chi connectivity index (χ2n) is 4.37. The molecule has 0 spiro atoms. The SMILES string of the molecule is CCn1cc(CC2(CCl)CCC2)cn1. The molecule has 0 unspecified atom stereocenters. The van der Waals surface area contributed by atoms with Crippen LogP contribution in [0.2, 0.25) is 0 Å². The zero-order valence-electron chi connectivity index (χ0n) is 8.67. The molecule has 78 valence electrons. The fourth-order valence-electron chi connectivity index (χ4n) is 2.14. The second kappa shape index (κ2) is 3.93. The van der Waals surface area contributed by atoms with Crippen LogP contribution in [0.4, 0.5) is 0 Å². The molecule has 0 N–H and O–H groups in total. The maximum absolute atomic E-state index is 6.02. The first-order valence-electron chi connectivity index (χ1n) is 5.35. The van der Waals surface area contributed by atoms with E-state index < -0.39 is 0 Å². The smallest absolute Gasteiger partial charge is 0.0521 e. The van der Waals surface area contributed by atoms with Gasteiger partial charge in [0.05, 0.1) is 6.20 Å². The highest BCUT2D eigenvalue weighted by atomic mass is 35.5. The molecule has 1 heterocycles. The van der Waals surface area contributed by atoms with E-state index in [0.29, 0.717) is 5.41 Å². The molecule has 1 aromatic rings. The van der Waals surface area contributed by atoms with Gasteiger partial charge in [0.1, 0.15) is 0 Å². The Labute approximate surface area is 90.3 Å². The molecular weight excluding hydrogens is 196 g/mol. The van der Waals surface area contributed by atoms with Crippen molar-refractivity contribution >= 4 is 11.6 Å². The molecule has 0 aromatic carbocycles. The summed E-state index contributed by atoms with van der Waals surface area (Å²) in [6.45, 7) is 3.06. The van der Waals surface area contributed by atoms with E-state index in [4.69, 9.17) is 11.6 Å². The average Bonchev–Trinajstić information content (AvgIpc) is 2.59. The highest BCUT2D eigenvalue weighted by molar-refractivity contribution is 6.18. The van der Waals surface area contributed by atoms with E-state index in [1.165, 1.54) is 24.8 Å². The lowest BCUT2D eigenvalue weighted by atomic mass is 9.67. The summed E-state index contributed by atoms with van der Waals surface area (Å²) in [6, 6.07) is 0. The molecule has 0 amide bonds. The number of halogens is 1. The van der Waals surface area contributed by atoms with Gasteiger partial charge in [0.25, 0.3) is 0 Å². The van der Waals surface area contributed by atoms with Gasteiger partial charge in [-0.05, 0) is 37.2 Å². The third-order valence-electron chi connectivity index (χ3n) is 3.29. The van der Waals surface area contributed by atoms with Gasteiger partial charge in [-0.15, -0.1) is 11.6 Å². The number of rotatable bonds is 4. The Morgan fingerprint density at radius 3 is 2.79 bits per heavy atom. The Morgan fingerprint density at radius 1 is 1.57 bits per heavy atom. The minimum absolute atomic E-state index is 0.392. The molecule has 0 atom stereocenters. The van der Waals surface area contributed by atoms with Crippen molar-refractivity contribution in [3.05, 3.63) is 18.0 Å². The van der Waals surface area contributed by atoms with Crippen molar-refractivity contribution in [1.82, 2.24) is 9.78 Å². The maximum Gasteiger partial charge on any atom is 0.0521 e. The molecule has 0 aliphatic heterocycles. The van der Waals surface area contributed by atoms with Crippen LogP contribution in [0.1, 0.15) is 31.7 Å². The van der Waals surface area contributed by atoms with E-state index in [1.807, 2.05) is 10.9 Å². The van der Waals surface area contributed by atoms with Crippen molar-refractivity contribution in [1.29, 1.82) is 0 Å².